The molecule has 0 saturated heterocycles. The molecule has 0 aliphatic heterocycles. The van der Waals surface area contributed by atoms with Crippen LogP contribution in [0.5, 0.6) is 0 Å². The standard InChI is InChI=1S/C20H17N5/c1-15-10-21-7-5-18(15)13-25-8-6-20(24-25)17-4-2-3-16(9-17)19-11-22-14-23-12-19/h2-12,14H,13H2,1H3. The molecule has 0 atom stereocenters. The summed E-state index contributed by atoms with van der Waals surface area (Å²) in [5, 5.41) is 4.72. The van der Waals surface area contributed by atoms with E-state index in [1.165, 1.54) is 17.5 Å². The molecule has 0 aliphatic rings. The molecule has 25 heavy (non-hydrogen) atoms. The van der Waals surface area contributed by atoms with Gasteiger partial charge in [0, 0.05) is 42.1 Å². The molecule has 122 valence electrons. The molecule has 3 heterocycles. The van der Waals surface area contributed by atoms with Crippen molar-refractivity contribution in [2.75, 3.05) is 0 Å². The van der Waals surface area contributed by atoms with Crippen LogP contribution in [0.1, 0.15) is 11.1 Å². The Morgan fingerprint density at radius 1 is 0.880 bits per heavy atom. The zero-order valence-electron chi connectivity index (χ0n) is 13.9. The van der Waals surface area contributed by atoms with Gasteiger partial charge < -0.3 is 0 Å². The molecule has 0 fully saturated rings. The highest BCUT2D eigenvalue weighted by Gasteiger charge is 2.06. The maximum Gasteiger partial charge on any atom is 0.115 e. The Morgan fingerprint density at radius 3 is 2.56 bits per heavy atom. The Labute approximate surface area is 146 Å². The van der Waals surface area contributed by atoms with Crippen LogP contribution in [-0.2, 0) is 6.54 Å². The fourth-order valence-electron chi connectivity index (χ4n) is 2.76. The third-order valence-corrected chi connectivity index (χ3v) is 4.16. The Morgan fingerprint density at radius 2 is 1.72 bits per heavy atom. The Hall–Kier alpha value is -3.34. The van der Waals surface area contributed by atoms with Gasteiger partial charge in [0.1, 0.15) is 6.33 Å². The molecule has 0 saturated carbocycles. The van der Waals surface area contributed by atoms with Crippen molar-refractivity contribution >= 4 is 0 Å². The number of hydrogen-bond acceptors (Lipinski definition) is 4. The van der Waals surface area contributed by atoms with Gasteiger partial charge >= 0.3 is 0 Å². The van der Waals surface area contributed by atoms with Crippen molar-refractivity contribution in [1.29, 1.82) is 0 Å². The van der Waals surface area contributed by atoms with Crippen molar-refractivity contribution in [2.45, 2.75) is 13.5 Å². The average Bonchev–Trinajstić information content (AvgIpc) is 3.13. The minimum Gasteiger partial charge on any atom is -0.268 e. The van der Waals surface area contributed by atoms with Gasteiger partial charge in [-0.05, 0) is 41.8 Å². The largest absolute Gasteiger partial charge is 0.268 e. The number of rotatable bonds is 4. The summed E-state index contributed by atoms with van der Waals surface area (Å²) >= 11 is 0. The van der Waals surface area contributed by atoms with Crippen LogP contribution in [-0.4, -0.2) is 24.7 Å². The summed E-state index contributed by atoms with van der Waals surface area (Å²) in [6, 6.07) is 12.3. The third-order valence-electron chi connectivity index (χ3n) is 4.16. The molecular weight excluding hydrogens is 310 g/mol. The molecule has 0 spiro atoms. The Balaban J connectivity index is 1.61. The topological polar surface area (TPSA) is 56.5 Å². The highest BCUT2D eigenvalue weighted by Crippen LogP contribution is 2.24. The highest BCUT2D eigenvalue weighted by atomic mass is 15.3. The molecule has 0 unspecified atom stereocenters. The molecule has 0 N–H and O–H groups in total. The summed E-state index contributed by atoms with van der Waals surface area (Å²) in [6.07, 6.45) is 10.9. The molecule has 5 heteroatoms. The van der Waals surface area contributed by atoms with Crippen molar-refractivity contribution < 1.29 is 0 Å². The van der Waals surface area contributed by atoms with E-state index in [1.54, 1.807) is 0 Å². The van der Waals surface area contributed by atoms with Crippen LogP contribution >= 0.6 is 0 Å². The first-order chi connectivity index (χ1) is 12.3. The molecule has 3 aromatic heterocycles. The quantitative estimate of drug-likeness (QED) is 0.573. The lowest BCUT2D eigenvalue weighted by molar-refractivity contribution is 0.685. The first-order valence-corrected chi connectivity index (χ1v) is 8.08. The zero-order chi connectivity index (χ0) is 17.1. The number of aromatic nitrogens is 5. The van der Waals surface area contributed by atoms with Gasteiger partial charge in [-0.15, -0.1) is 0 Å². The second-order valence-electron chi connectivity index (χ2n) is 5.91. The third kappa shape index (κ3) is 3.30. The number of benzene rings is 1. The van der Waals surface area contributed by atoms with Crippen LogP contribution in [0.25, 0.3) is 22.4 Å². The van der Waals surface area contributed by atoms with Crippen LogP contribution in [0, 0.1) is 6.92 Å². The van der Waals surface area contributed by atoms with Crippen molar-refractivity contribution in [1.82, 2.24) is 24.7 Å². The molecule has 0 radical (unpaired) electrons. The minimum absolute atomic E-state index is 0.737. The van der Waals surface area contributed by atoms with Crippen molar-refractivity contribution in [3.05, 3.63) is 84.8 Å². The zero-order valence-corrected chi connectivity index (χ0v) is 13.9. The average molecular weight is 327 g/mol. The summed E-state index contributed by atoms with van der Waals surface area (Å²) < 4.78 is 1.95. The van der Waals surface area contributed by atoms with Gasteiger partial charge in [0.25, 0.3) is 0 Å². The second kappa shape index (κ2) is 6.65. The van der Waals surface area contributed by atoms with Gasteiger partial charge in [-0.2, -0.15) is 5.10 Å². The number of pyridine rings is 1. The van der Waals surface area contributed by atoms with Crippen LogP contribution in [0.2, 0.25) is 0 Å². The molecule has 4 rings (SSSR count). The summed E-state index contributed by atoms with van der Waals surface area (Å²) in [7, 11) is 0. The molecule has 0 aliphatic carbocycles. The van der Waals surface area contributed by atoms with Gasteiger partial charge in [0.15, 0.2) is 0 Å². The smallest absolute Gasteiger partial charge is 0.115 e. The number of nitrogens with zero attached hydrogens (tertiary/aromatic N) is 5. The van der Waals surface area contributed by atoms with Gasteiger partial charge in [-0.3, -0.25) is 9.67 Å². The Kier molecular flexibility index (Phi) is 4.04. The van der Waals surface area contributed by atoms with Gasteiger partial charge in [-0.1, -0.05) is 18.2 Å². The van der Waals surface area contributed by atoms with E-state index < -0.39 is 0 Å². The maximum absolute atomic E-state index is 4.72. The Bertz CT molecular complexity index is 992. The number of hydrogen-bond donors (Lipinski definition) is 0. The monoisotopic (exact) mass is 327 g/mol. The fraction of sp³-hybridized carbons (Fsp3) is 0.100. The van der Waals surface area contributed by atoms with Crippen molar-refractivity contribution in [2.24, 2.45) is 0 Å². The van der Waals surface area contributed by atoms with Crippen molar-refractivity contribution in [3.63, 3.8) is 0 Å². The van der Waals surface area contributed by atoms with Crippen molar-refractivity contribution in [3.8, 4) is 22.4 Å². The van der Waals surface area contributed by atoms with E-state index in [1.807, 2.05) is 53.9 Å². The molecule has 5 nitrogen and oxygen atoms in total. The predicted octanol–water partition coefficient (Wildman–Crippen LogP) is 3.76. The van der Waals surface area contributed by atoms with E-state index >= 15 is 0 Å². The van der Waals surface area contributed by atoms with E-state index in [0.29, 0.717) is 0 Å². The first-order valence-electron chi connectivity index (χ1n) is 8.08. The SMILES string of the molecule is Cc1cnccc1Cn1ccc(-c2cccc(-c3cncnc3)c2)n1. The molecule has 4 aromatic rings. The predicted molar refractivity (Wildman–Crippen MR) is 96.8 cm³/mol. The maximum atomic E-state index is 4.72. The summed E-state index contributed by atoms with van der Waals surface area (Å²) in [6.45, 7) is 2.80. The van der Waals surface area contributed by atoms with Gasteiger partial charge in [-0.25, -0.2) is 9.97 Å². The van der Waals surface area contributed by atoms with E-state index in [2.05, 4.69) is 40.1 Å². The lowest BCUT2D eigenvalue weighted by atomic mass is 10.0. The van der Waals surface area contributed by atoms with Gasteiger partial charge in [0.05, 0.1) is 12.2 Å². The van der Waals surface area contributed by atoms with E-state index in [0.717, 1.165) is 28.9 Å². The second-order valence-corrected chi connectivity index (χ2v) is 5.91. The minimum atomic E-state index is 0.737. The lowest BCUT2D eigenvalue weighted by Gasteiger charge is -2.05. The van der Waals surface area contributed by atoms with Crippen LogP contribution in [0.15, 0.2) is 73.7 Å². The first kappa shape index (κ1) is 15.2. The van der Waals surface area contributed by atoms with Gasteiger partial charge in [0.2, 0.25) is 0 Å². The van der Waals surface area contributed by atoms with E-state index in [9.17, 15) is 0 Å². The van der Waals surface area contributed by atoms with E-state index in [-0.39, 0.29) is 0 Å². The van der Waals surface area contributed by atoms with Crippen LogP contribution < -0.4 is 0 Å². The highest BCUT2D eigenvalue weighted by molar-refractivity contribution is 5.70. The number of aryl methyl sites for hydroxylation is 1. The molecular formula is C20H17N5. The normalized spacial score (nSPS) is 10.8. The van der Waals surface area contributed by atoms with E-state index in [4.69, 9.17) is 5.10 Å². The summed E-state index contributed by atoms with van der Waals surface area (Å²) in [5.74, 6) is 0. The molecule has 0 bridgehead atoms. The lowest BCUT2D eigenvalue weighted by Crippen LogP contribution is -2.02. The molecule has 1 aromatic carbocycles. The summed E-state index contributed by atoms with van der Waals surface area (Å²) in [5.41, 5.74) is 6.50. The molecule has 0 amide bonds. The van der Waals surface area contributed by atoms with Crippen LogP contribution in [0.4, 0.5) is 0 Å². The summed E-state index contributed by atoms with van der Waals surface area (Å²) in [4.78, 5) is 12.3. The van der Waals surface area contributed by atoms with Crippen LogP contribution in [0.3, 0.4) is 0 Å². The fourth-order valence-corrected chi connectivity index (χ4v) is 2.76.